The Bertz CT molecular complexity index is 158. The third-order valence-electron chi connectivity index (χ3n) is 3.78. The molecule has 0 amide bonds. The molecular formula is C12H26N2. The van der Waals surface area contributed by atoms with Gasteiger partial charge in [-0.25, -0.2) is 0 Å². The summed E-state index contributed by atoms with van der Waals surface area (Å²) < 4.78 is 0. The van der Waals surface area contributed by atoms with E-state index in [0.717, 1.165) is 18.5 Å². The molecule has 84 valence electrons. The lowest BCUT2D eigenvalue weighted by molar-refractivity contribution is 0.168. The van der Waals surface area contributed by atoms with Gasteiger partial charge in [0.15, 0.2) is 0 Å². The van der Waals surface area contributed by atoms with E-state index in [4.69, 9.17) is 0 Å². The highest BCUT2D eigenvalue weighted by Gasteiger charge is 2.21. The van der Waals surface area contributed by atoms with E-state index in [1.807, 2.05) is 0 Å². The van der Waals surface area contributed by atoms with Gasteiger partial charge in [-0.2, -0.15) is 0 Å². The van der Waals surface area contributed by atoms with Crippen molar-refractivity contribution in [3.05, 3.63) is 0 Å². The first kappa shape index (κ1) is 12.0. The normalized spacial score (nSPS) is 29.6. The zero-order valence-corrected chi connectivity index (χ0v) is 10.2. The van der Waals surface area contributed by atoms with Gasteiger partial charge in [0.2, 0.25) is 0 Å². The van der Waals surface area contributed by atoms with Gasteiger partial charge in [0.05, 0.1) is 0 Å². The topological polar surface area (TPSA) is 15.3 Å². The van der Waals surface area contributed by atoms with Crippen LogP contribution < -0.4 is 5.32 Å². The molecule has 0 spiro atoms. The maximum absolute atomic E-state index is 3.54. The van der Waals surface area contributed by atoms with Crippen molar-refractivity contribution in [2.24, 2.45) is 5.92 Å². The first-order valence-corrected chi connectivity index (χ1v) is 6.12. The van der Waals surface area contributed by atoms with Crippen LogP contribution in [0.2, 0.25) is 0 Å². The standard InChI is InChI=1S/C12H26N2/c1-5-10(2)12(4)14-8-6-11(3)13-7-9-14/h10-13H,5-9H2,1-4H3. The van der Waals surface area contributed by atoms with E-state index in [9.17, 15) is 0 Å². The van der Waals surface area contributed by atoms with Crippen LogP contribution in [0.5, 0.6) is 0 Å². The Kier molecular flexibility index (Phi) is 4.90. The van der Waals surface area contributed by atoms with E-state index in [1.54, 1.807) is 0 Å². The molecule has 0 aromatic heterocycles. The Labute approximate surface area is 89.1 Å². The molecule has 14 heavy (non-hydrogen) atoms. The summed E-state index contributed by atoms with van der Waals surface area (Å²) in [6.45, 7) is 13.0. The van der Waals surface area contributed by atoms with Crippen LogP contribution in [0.25, 0.3) is 0 Å². The quantitative estimate of drug-likeness (QED) is 0.747. The van der Waals surface area contributed by atoms with Gasteiger partial charge in [-0.05, 0) is 32.7 Å². The van der Waals surface area contributed by atoms with Gasteiger partial charge in [0.1, 0.15) is 0 Å². The molecule has 1 aliphatic heterocycles. The molecule has 1 fully saturated rings. The summed E-state index contributed by atoms with van der Waals surface area (Å²) in [7, 11) is 0. The van der Waals surface area contributed by atoms with Crippen LogP contribution >= 0.6 is 0 Å². The van der Waals surface area contributed by atoms with Crippen LogP contribution in [0.1, 0.15) is 40.5 Å². The van der Waals surface area contributed by atoms with Gasteiger partial charge >= 0.3 is 0 Å². The Morgan fingerprint density at radius 3 is 2.71 bits per heavy atom. The van der Waals surface area contributed by atoms with Crippen LogP contribution in [0.15, 0.2) is 0 Å². The molecule has 0 radical (unpaired) electrons. The van der Waals surface area contributed by atoms with Crippen molar-refractivity contribution in [3.63, 3.8) is 0 Å². The minimum Gasteiger partial charge on any atom is -0.313 e. The molecule has 1 heterocycles. The first-order valence-electron chi connectivity index (χ1n) is 6.12. The summed E-state index contributed by atoms with van der Waals surface area (Å²) in [5, 5.41) is 3.54. The Morgan fingerprint density at radius 1 is 1.36 bits per heavy atom. The fourth-order valence-corrected chi connectivity index (χ4v) is 2.14. The molecule has 0 bridgehead atoms. The van der Waals surface area contributed by atoms with Gasteiger partial charge in [0, 0.05) is 25.2 Å². The SMILES string of the molecule is CCC(C)C(C)N1CCNC(C)CC1. The monoisotopic (exact) mass is 198 g/mol. The Morgan fingerprint density at radius 2 is 2.07 bits per heavy atom. The zero-order chi connectivity index (χ0) is 10.6. The third kappa shape index (κ3) is 3.25. The van der Waals surface area contributed by atoms with Gasteiger partial charge < -0.3 is 5.32 Å². The van der Waals surface area contributed by atoms with Crippen molar-refractivity contribution in [1.82, 2.24) is 10.2 Å². The predicted octanol–water partition coefficient (Wildman–Crippen LogP) is 2.10. The second-order valence-electron chi connectivity index (χ2n) is 4.81. The highest BCUT2D eigenvalue weighted by Crippen LogP contribution is 2.15. The predicted molar refractivity (Wildman–Crippen MR) is 62.6 cm³/mol. The lowest BCUT2D eigenvalue weighted by atomic mass is 9.99. The summed E-state index contributed by atoms with van der Waals surface area (Å²) in [4.78, 5) is 2.64. The number of hydrogen-bond donors (Lipinski definition) is 1. The number of rotatable bonds is 3. The minimum atomic E-state index is 0.698. The van der Waals surface area contributed by atoms with Crippen molar-refractivity contribution in [2.45, 2.75) is 52.6 Å². The highest BCUT2D eigenvalue weighted by atomic mass is 15.2. The van der Waals surface area contributed by atoms with Crippen LogP contribution in [-0.2, 0) is 0 Å². The van der Waals surface area contributed by atoms with Crippen molar-refractivity contribution >= 4 is 0 Å². The molecular weight excluding hydrogens is 172 g/mol. The van der Waals surface area contributed by atoms with E-state index < -0.39 is 0 Å². The van der Waals surface area contributed by atoms with Crippen molar-refractivity contribution in [2.75, 3.05) is 19.6 Å². The largest absolute Gasteiger partial charge is 0.313 e. The second-order valence-corrected chi connectivity index (χ2v) is 4.81. The van der Waals surface area contributed by atoms with Crippen molar-refractivity contribution in [3.8, 4) is 0 Å². The van der Waals surface area contributed by atoms with Gasteiger partial charge in [0.25, 0.3) is 0 Å². The maximum Gasteiger partial charge on any atom is 0.0110 e. The highest BCUT2D eigenvalue weighted by molar-refractivity contribution is 4.78. The third-order valence-corrected chi connectivity index (χ3v) is 3.78. The van der Waals surface area contributed by atoms with E-state index in [2.05, 4.69) is 37.9 Å². The summed E-state index contributed by atoms with van der Waals surface area (Å²) in [5.74, 6) is 0.823. The summed E-state index contributed by atoms with van der Waals surface area (Å²) in [5.41, 5.74) is 0. The number of hydrogen-bond acceptors (Lipinski definition) is 2. The van der Waals surface area contributed by atoms with E-state index in [1.165, 1.54) is 25.9 Å². The average Bonchev–Trinajstić information content (AvgIpc) is 2.40. The Balaban J connectivity index is 2.42. The average molecular weight is 198 g/mol. The van der Waals surface area contributed by atoms with E-state index >= 15 is 0 Å². The van der Waals surface area contributed by atoms with Crippen molar-refractivity contribution < 1.29 is 0 Å². The van der Waals surface area contributed by atoms with Gasteiger partial charge in [-0.3, -0.25) is 4.90 Å². The molecule has 2 nitrogen and oxygen atoms in total. The van der Waals surface area contributed by atoms with Crippen LogP contribution in [0.3, 0.4) is 0 Å². The Hall–Kier alpha value is -0.0800. The van der Waals surface area contributed by atoms with Crippen LogP contribution in [0, 0.1) is 5.92 Å². The lowest BCUT2D eigenvalue weighted by Crippen LogP contribution is -2.39. The number of nitrogens with zero attached hydrogens (tertiary/aromatic N) is 1. The fourth-order valence-electron chi connectivity index (χ4n) is 2.14. The van der Waals surface area contributed by atoms with Gasteiger partial charge in [-0.15, -0.1) is 0 Å². The molecule has 0 aromatic carbocycles. The second kappa shape index (κ2) is 5.72. The zero-order valence-electron chi connectivity index (χ0n) is 10.2. The summed E-state index contributed by atoms with van der Waals surface area (Å²) >= 11 is 0. The van der Waals surface area contributed by atoms with Gasteiger partial charge in [-0.1, -0.05) is 20.3 Å². The molecule has 3 atom stereocenters. The smallest absolute Gasteiger partial charge is 0.0110 e. The first-order chi connectivity index (χ1) is 6.65. The molecule has 1 saturated heterocycles. The molecule has 0 aromatic rings. The van der Waals surface area contributed by atoms with Crippen LogP contribution in [-0.4, -0.2) is 36.6 Å². The lowest BCUT2D eigenvalue weighted by Gasteiger charge is -2.31. The number of nitrogens with one attached hydrogen (secondary N) is 1. The van der Waals surface area contributed by atoms with Crippen LogP contribution in [0.4, 0.5) is 0 Å². The molecule has 1 N–H and O–H groups in total. The summed E-state index contributed by atoms with van der Waals surface area (Å²) in [6, 6.07) is 1.44. The molecule has 3 unspecified atom stereocenters. The van der Waals surface area contributed by atoms with E-state index in [0.29, 0.717) is 6.04 Å². The molecule has 1 rings (SSSR count). The molecule has 1 aliphatic rings. The summed E-state index contributed by atoms with van der Waals surface area (Å²) in [6.07, 6.45) is 2.58. The van der Waals surface area contributed by atoms with Crippen molar-refractivity contribution in [1.29, 1.82) is 0 Å². The fraction of sp³-hybridized carbons (Fsp3) is 1.00. The van der Waals surface area contributed by atoms with E-state index in [-0.39, 0.29) is 0 Å². The maximum atomic E-state index is 3.54. The minimum absolute atomic E-state index is 0.698. The molecule has 0 saturated carbocycles. The molecule has 2 heteroatoms. The molecule has 0 aliphatic carbocycles.